The van der Waals surface area contributed by atoms with Crippen LogP contribution in [0.15, 0.2) is 41.0 Å². The Kier molecular flexibility index (Phi) is 7.91. The van der Waals surface area contributed by atoms with E-state index in [0.717, 1.165) is 29.6 Å². The lowest BCUT2D eigenvalue weighted by molar-refractivity contribution is -0.138. The summed E-state index contributed by atoms with van der Waals surface area (Å²) in [6.45, 7) is 3.85. The van der Waals surface area contributed by atoms with Crippen molar-refractivity contribution in [3.63, 3.8) is 0 Å². The highest BCUT2D eigenvalue weighted by atomic mass is 16.3. The van der Waals surface area contributed by atoms with Crippen molar-refractivity contribution in [2.45, 2.75) is 58.5 Å². The summed E-state index contributed by atoms with van der Waals surface area (Å²) in [7, 11) is 1.50. The number of imide groups is 1. The molecule has 0 aromatic heterocycles. The Bertz CT molecular complexity index is 901. The third kappa shape index (κ3) is 4.81. The van der Waals surface area contributed by atoms with Crippen molar-refractivity contribution >= 4 is 17.9 Å². The smallest absolute Gasteiger partial charge is 0.233 e. The number of aliphatic hydroxyl groups excluding tert-OH is 2. The average molecular weight is 442 g/mol. The minimum absolute atomic E-state index is 0.181. The summed E-state index contributed by atoms with van der Waals surface area (Å²) in [6, 6.07) is 7.04. The van der Waals surface area contributed by atoms with Gasteiger partial charge >= 0.3 is 0 Å². The van der Waals surface area contributed by atoms with Crippen LogP contribution in [0.1, 0.15) is 57.9 Å². The molecule has 3 N–H and O–H groups in total. The number of carbonyl (C=O) groups is 2. The number of fused-ring (bicyclic) bond motifs is 1. The van der Waals surface area contributed by atoms with Gasteiger partial charge in [-0.2, -0.15) is 0 Å². The van der Waals surface area contributed by atoms with Crippen molar-refractivity contribution in [1.82, 2.24) is 4.90 Å². The number of hydrogen-bond donors (Lipinski definition) is 3. The maximum atomic E-state index is 12.7. The van der Waals surface area contributed by atoms with E-state index in [2.05, 4.69) is 13.0 Å². The number of phenolic OH excluding ortho intramolecular Hbond substituents is 1. The number of rotatable bonds is 9. The molecule has 1 heterocycles. The van der Waals surface area contributed by atoms with Gasteiger partial charge in [-0.3, -0.25) is 14.5 Å². The molecule has 6 heteroatoms. The highest BCUT2D eigenvalue weighted by Crippen LogP contribution is 2.46. The molecule has 174 valence electrons. The molecule has 2 amide bonds. The van der Waals surface area contributed by atoms with Gasteiger partial charge in [-0.1, -0.05) is 49.6 Å². The first kappa shape index (κ1) is 24.2. The third-order valence-electron chi connectivity index (χ3n) is 6.96. The Labute approximate surface area is 190 Å². The number of aromatic hydroxyl groups is 1. The van der Waals surface area contributed by atoms with Crippen LogP contribution in [0.25, 0.3) is 6.08 Å². The van der Waals surface area contributed by atoms with Gasteiger partial charge < -0.3 is 15.3 Å². The van der Waals surface area contributed by atoms with E-state index in [1.165, 1.54) is 17.5 Å². The predicted molar refractivity (Wildman–Crippen MR) is 123 cm³/mol. The number of allylic oxidation sites excluding steroid dienone is 2. The second-order valence-electron chi connectivity index (χ2n) is 8.97. The molecule has 1 aliphatic carbocycles. The SMILES string of the molecule is CCC/C(=C\c1ccc(O)cc1)CC[C@@H](O)C1=C(CC)C[C@H]2C(=O)N(C)C(=O)[C@H]2[C@H]1CO. The van der Waals surface area contributed by atoms with E-state index in [9.17, 15) is 24.9 Å². The lowest BCUT2D eigenvalue weighted by atomic mass is 9.67. The largest absolute Gasteiger partial charge is 0.508 e. The van der Waals surface area contributed by atoms with Gasteiger partial charge in [0.15, 0.2) is 0 Å². The molecule has 1 saturated heterocycles. The predicted octanol–water partition coefficient (Wildman–Crippen LogP) is 3.67. The van der Waals surface area contributed by atoms with Crippen molar-refractivity contribution in [2.24, 2.45) is 17.8 Å². The maximum Gasteiger partial charge on any atom is 0.233 e. The number of phenols is 1. The number of carbonyl (C=O) groups excluding carboxylic acids is 2. The third-order valence-corrected chi connectivity index (χ3v) is 6.96. The van der Waals surface area contributed by atoms with Crippen LogP contribution in [0.4, 0.5) is 0 Å². The Balaban J connectivity index is 1.82. The zero-order chi connectivity index (χ0) is 23.4. The fraction of sp³-hybridized carbons (Fsp3) is 0.538. The molecular weight excluding hydrogens is 406 g/mol. The molecule has 1 aliphatic heterocycles. The van der Waals surface area contributed by atoms with Gasteiger partial charge in [0, 0.05) is 13.0 Å². The zero-order valence-electron chi connectivity index (χ0n) is 19.3. The number of amides is 2. The van der Waals surface area contributed by atoms with Gasteiger partial charge in [0.05, 0.1) is 24.5 Å². The molecule has 0 spiro atoms. The standard InChI is InChI=1S/C26H35NO5/c1-4-6-16(13-17-7-10-19(29)11-8-17)9-12-22(30)23-18(5-2)14-20-24(21(23)15-28)26(32)27(3)25(20)31/h7-8,10-11,13,20-22,24,28-30H,4-6,9,12,14-15H2,1-3H3/b16-13+/t20-,21+,22-,24-/m1/s1. The molecule has 0 unspecified atom stereocenters. The van der Waals surface area contributed by atoms with Gasteiger partial charge in [-0.05, 0) is 55.4 Å². The summed E-state index contributed by atoms with van der Waals surface area (Å²) < 4.78 is 0. The molecular formula is C26H35NO5. The second kappa shape index (κ2) is 10.5. The first-order valence-corrected chi connectivity index (χ1v) is 11.6. The molecule has 1 aromatic carbocycles. The Morgan fingerprint density at radius 2 is 1.84 bits per heavy atom. The van der Waals surface area contributed by atoms with Gasteiger partial charge in [0.1, 0.15) is 5.75 Å². The van der Waals surface area contributed by atoms with E-state index >= 15 is 0 Å². The van der Waals surface area contributed by atoms with E-state index in [-0.39, 0.29) is 24.2 Å². The average Bonchev–Trinajstić information content (AvgIpc) is 3.01. The van der Waals surface area contributed by atoms with E-state index in [4.69, 9.17) is 0 Å². The molecule has 3 rings (SSSR count). The highest BCUT2D eigenvalue weighted by Gasteiger charge is 2.53. The Hall–Kier alpha value is -2.44. The van der Waals surface area contributed by atoms with E-state index in [1.54, 1.807) is 12.1 Å². The minimum Gasteiger partial charge on any atom is -0.508 e. The number of nitrogens with zero attached hydrogens (tertiary/aromatic N) is 1. The van der Waals surface area contributed by atoms with E-state index < -0.39 is 23.9 Å². The maximum absolute atomic E-state index is 12.7. The van der Waals surface area contributed by atoms with Crippen LogP contribution in [-0.2, 0) is 9.59 Å². The summed E-state index contributed by atoms with van der Waals surface area (Å²) in [5, 5.41) is 30.9. The fourth-order valence-electron chi connectivity index (χ4n) is 5.33. The number of hydrogen-bond acceptors (Lipinski definition) is 5. The molecule has 1 fully saturated rings. The first-order chi connectivity index (χ1) is 15.3. The molecule has 6 nitrogen and oxygen atoms in total. The molecule has 1 aromatic rings. The summed E-state index contributed by atoms with van der Waals surface area (Å²) in [5.41, 5.74) is 3.96. The molecule has 0 saturated carbocycles. The first-order valence-electron chi connectivity index (χ1n) is 11.6. The van der Waals surface area contributed by atoms with Crippen molar-refractivity contribution in [1.29, 1.82) is 0 Å². The van der Waals surface area contributed by atoms with Gasteiger partial charge in [0.2, 0.25) is 11.8 Å². The molecule has 0 radical (unpaired) electrons. The Morgan fingerprint density at radius 1 is 1.16 bits per heavy atom. The summed E-state index contributed by atoms with van der Waals surface area (Å²) in [4.78, 5) is 26.5. The topological polar surface area (TPSA) is 98.1 Å². The van der Waals surface area contributed by atoms with Crippen LogP contribution >= 0.6 is 0 Å². The summed E-state index contributed by atoms with van der Waals surface area (Å²) in [6.07, 6.45) is 5.56. The van der Waals surface area contributed by atoms with Crippen LogP contribution in [0.2, 0.25) is 0 Å². The number of aliphatic hydroxyl groups is 2. The second-order valence-corrected chi connectivity index (χ2v) is 8.97. The normalized spacial score (nSPS) is 24.8. The lowest BCUT2D eigenvalue weighted by Crippen LogP contribution is -2.39. The van der Waals surface area contributed by atoms with Gasteiger partial charge in [-0.25, -0.2) is 0 Å². The lowest BCUT2D eigenvalue weighted by Gasteiger charge is -2.36. The zero-order valence-corrected chi connectivity index (χ0v) is 19.3. The fourth-order valence-corrected chi connectivity index (χ4v) is 5.33. The van der Waals surface area contributed by atoms with Crippen molar-refractivity contribution in [3.8, 4) is 5.75 Å². The number of likely N-dealkylation sites (tertiary alicyclic amines) is 1. The van der Waals surface area contributed by atoms with E-state index in [1.807, 2.05) is 19.1 Å². The van der Waals surface area contributed by atoms with Crippen molar-refractivity contribution < 1.29 is 24.9 Å². The monoisotopic (exact) mass is 441 g/mol. The van der Waals surface area contributed by atoms with Gasteiger partial charge in [-0.15, -0.1) is 0 Å². The van der Waals surface area contributed by atoms with Crippen LogP contribution in [0.5, 0.6) is 5.75 Å². The van der Waals surface area contributed by atoms with Crippen LogP contribution in [0.3, 0.4) is 0 Å². The van der Waals surface area contributed by atoms with Crippen molar-refractivity contribution in [2.75, 3.05) is 13.7 Å². The molecule has 2 aliphatic rings. The minimum atomic E-state index is -0.767. The van der Waals surface area contributed by atoms with E-state index in [0.29, 0.717) is 25.7 Å². The quantitative estimate of drug-likeness (QED) is 0.401. The summed E-state index contributed by atoms with van der Waals surface area (Å²) in [5.74, 6) is -1.74. The van der Waals surface area contributed by atoms with Crippen LogP contribution < -0.4 is 0 Å². The number of benzene rings is 1. The summed E-state index contributed by atoms with van der Waals surface area (Å²) >= 11 is 0. The van der Waals surface area contributed by atoms with Crippen LogP contribution in [-0.4, -0.2) is 51.8 Å². The Morgan fingerprint density at radius 3 is 2.44 bits per heavy atom. The molecule has 0 bridgehead atoms. The van der Waals surface area contributed by atoms with Crippen molar-refractivity contribution in [3.05, 3.63) is 46.5 Å². The molecule has 32 heavy (non-hydrogen) atoms. The van der Waals surface area contributed by atoms with Crippen LogP contribution in [0, 0.1) is 17.8 Å². The van der Waals surface area contributed by atoms with Gasteiger partial charge in [0.25, 0.3) is 0 Å². The highest BCUT2D eigenvalue weighted by molar-refractivity contribution is 6.05. The molecule has 4 atom stereocenters.